The Bertz CT molecular complexity index is 809. The number of carbonyl (C=O) groups excluding carboxylic acids is 1. The standard InChI is InChI=1S/C20H20N2O/c1-15(22(2)17-11-4-3-5-12-17)20(23)21-19-14-8-10-16-9-6-7-13-18(16)19/h3-15H,1-2H3,(H,21,23). The fourth-order valence-electron chi connectivity index (χ4n) is 2.63. The molecule has 0 saturated heterocycles. The Kier molecular flexibility index (Phi) is 4.29. The Morgan fingerprint density at radius 3 is 2.35 bits per heavy atom. The normalized spacial score (nSPS) is 11.9. The molecule has 23 heavy (non-hydrogen) atoms. The number of hydrogen-bond acceptors (Lipinski definition) is 2. The zero-order valence-corrected chi connectivity index (χ0v) is 13.4. The summed E-state index contributed by atoms with van der Waals surface area (Å²) in [6.07, 6.45) is 0. The Labute approximate surface area is 136 Å². The van der Waals surface area contributed by atoms with Gasteiger partial charge in [-0.25, -0.2) is 0 Å². The van der Waals surface area contributed by atoms with Crippen LogP contribution in [0.4, 0.5) is 11.4 Å². The first-order valence-corrected chi connectivity index (χ1v) is 7.73. The van der Waals surface area contributed by atoms with Crippen LogP contribution >= 0.6 is 0 Å². The van der Waals surface area contributed by atoms with E-state index in [1.807, 2.05) is 91.7 Å². The fourth-order valence-corrected chi connectivity index (χ4v) is 2.63. The number of carbonyl (C=O) groups is 1. The predicted molar refractivity (Wildman–Crippen MR) is 96.9 cm³/mol. The Morgan fingerprint density at radius 2 is 1.57 bits per heavy atom. The molecule has 0 spiro atoms. The van der Waals surface area contributed by atoms with Crippen LogP contribution in [0.2, 0.25) is 0 Å². The van der Waals surface area contributed by atoms with Gasteiger partial charge in [-0.2, -0.15) is 0 Å². The van der Waals surface area contributed by atoms with E-state index in [1.54, 1.807) is 0 Å². The minimum absolute atomic E-state index is 0.0206. The zero-order chi connectivity index (χ0) is 16.2. The number of anilines is 2. The highest BCUT2D eigenvalue weighted by Gasteiger charge is 2.19. The average Bonchev–Trinajstić information content (AvgIpc) is 2.61. The SMILES string of the molecule is CC(C(=O)Nc1cccc2ccccc12)N(C)c1ccccc1. The van der Waals surface area contributed by atoms with Crippen LogP contribution in [-0.4, -0.2) is 19.0 Å². The van der Waals surface area contributed by atoms with Crippen LogP contribution in [0.3, 0.4) is 0 Å². The molecular formula is C20H20N2O. The van der Waals surface area contributed by atoms with Crippen molar-refractivity contribution in [1.29, 1.82) is 0 Å². The number of nitrogens with one attached hydrogen (secondary N) is 1. The molecule has 1 N–H and O–H groups in total. The van der Waals surface area contributed by atoms with Crippen molar-refractivity contribution >= 4 is 28.1 Å². The van der Waals surface area contributed by atoms with Gasteiger partial charge >= 0.3 is 0 Å². The molecule has 0 aromatic heterocycles. The Morgan fingerprint density at radius 1 is 0.913 bits per heavy atom. The summed E-state index contributed by atoms with van der Waals surface area (Å²) in [7, 11) is 1.93. The maximum atomic E-state index is 12.6. The van der Waals surface area contributed by atoms with Gasteiger partial charge in [-0.1, -0.05) is 54.6 Å². The summed E-state index contributed by atoms with van der Waals surface area (Å²) in [6, 6.07) is 23.7. The van der Waals surface area contributed by atoms with E-state index in [2.05, 4.69) is 5.32 Å². The maximum Gasteiger partial charge on any atom is 0.246 e. The van der Waals surface area contributed by atoms with Gasteiger partial charge in [-0.15, -0.1) is 0 Å². The molecule has 1 amide bonds. The summed E-state index contributed by atoms with van der Waals surface area (Å²) >= 11 is 0. The van der Waals surface area contributed by atoms with Crippen molar-refractivity contribution in [3.05, 3.63) is 72.8 Å². The van der Waals surface area contributed by atoms with Crippen molar-refractivity contribution in [1.82, 2.24) is 0 Å². The van der Waals surface area contributed by atoms with E-state index in [9.17, 15) is 4.79 Å². The van der Waals surface area contributed by atoms with Gasteiger partial charge < -0.3 is 10.2 Å². The predicted octanol–water partition coefficient (Wildman–Crippen LogP) is 4.30. The number of rotatable bonds is 4. The van der Waals surface area contributed by atoms with Crippen LogP contribution in [0, 0.1) is 0 Å². The lowest BCUT2D eigenvalue weighted by atomic mass is 10.1. The van der Waals surface area contributed by atoms with Gasteiger partial charge in [0.05, 0.1) is 0 Å². The van der Waals surface area contributed by atoms with E-state index in [-0.39, 0.29) is 11.9 Å². The highest BCUT2D eigenvalue weighted by molar-refractivity contribution is 6.04. The van der Waals surface area contributed by atoms with Gasteiger partial charge in [0.1, 0.15) is 6.04 Å². The number of benzene rings is 3. The number of amides is 1. The monoisotopic (exact) mass is 304 g/mol. The molecule has 0 heterocycles. The molecule has 0 saturated carbocycles. The van der Waals surface area contributed by atoms with Gasteiger partial charge in [-0.3, -0.25) is 4.79 Å². The minimum Gasteiger partial charge on any atom is -0.363 e. The molecule has 1 unspecified atom stereocenters. The Hall–Kier alpha value is -2.81. The van der Waals surface area contributed by atoms with Gasteiger partial charge in [-0.05, 0) is 30.5 Å². The van der Waals surface area contributed by atoms with Gasteiger partial charge in [0.2, 0.25) is 5.91 Å². The molecule has 0 aliphatic heterocycles. The molecule has 3 rings (SSSR count). The largest absolute Gasteiger partial charge is 0.363 e. The number of para-hydroxylation sites is 1. The number of hydrogen-bond donors (Lipinski definition) is 1. The molecule has 0 aliphatic rings. The van der Waals surface area contributed by atoms with Crippen LogP contribution in [0.5, 0.6) is 0 Å². The first-order valence-electron chi connectivity index (χ1n) is 7.73. The molecule has 3 aromatic carbocycles. The third kappa shape index (κ3) is 3.19. The van der Waals surface area contributed by atoms with Crippen LogP contribution < -0.4 is 10.2 Å². The molecule has 3 aromatic rings. The highest BCUT2D eigenvalue weighted by atomic mass is 16.2. The van der Waals surface area contributed by atoms with Crippen molar-refractivity contribution in [2.45, 2.75) is 13.0 Å². The summed E-state index contributed by atoms with van der Waals surface area (Å²) in [5.74, 6) is -0.0206. The third-order valence-corrected chi connectivity index (χ3v) is 4.17. The molecule has 0 bridgehead atoms. The summed E-state index contributed by atoms with van der Waals surface area (Å²) in [5.41, 5.74) is 1.87. The second kappa shape index (κ2) is 6.53. The average molecular weight is 304 g/mol. The molecule has 3 nitrogen and oxygen atoms in total. The minimum atomic E-state index is -0.267. The molecule has 0 fully saturated rings. The van der Waals surface area contributed by atoms with E-state index in [0.29, 0.717) is 0 Å². The Balaban J connectivity index is 1.80. The number of nitrogens with zero attached hydrogens (tertiary/aromatic N) is 1. The van der Waals surface area contributed by atoms with Crippen LogP contribution in [0.25, 0.3) is 10.8 Å². The summed E-state index contributed by atoms with van der Waals surface area (Å²) in [4.78, 5) is 14.6. The fraction of sp³-hybridized carbons (Fsp3) is 0.150. The molecular weight excluding hydrogens is 284 g/mol. The quantitative estimate of drug-likeness (QED) is 0.779. The van der Waals surface area contributed by atoms with Crippen LogP contribution in [-0.2, 0) is 4.79 Å². The second-order valence-corrected chi connectivity index (χ2v) is 5.64. The van der Waals surface area contributed by atoms with E-state index >= 15 is 0 Å². The molecule has 0 radical (unpaired) electrons. The van der Waals surface area contributed by atoms with Crippen LogP contribution in [0.15, 0.2) is 72.8 Å². The van der Waals surface area contributed by atoms with E-state index in [4.69, 9.17) is 0 Å². The van der Waals surface area contributed by atoms with Crippen molar-refractivity contribution < 1.29 is 4.79 Å². The van der Waals surface area contributed by atoms with Crippen molar-refractivity contribution in [3.8, 4) is 0 Å². The lowest BCUT2D eigenvalue weighted by molar-refractivity contribution is -0.117. The number of likely N-dealkylation sites (N-methyl/N-ethyl adjacent to an activating group) is 1. The first-order chi connectivity index (χ1) is 11.2. The smallest absolute Gasteiger partial charge is 0.246 e. The summed E-state index contributed by atoms with van der Waals surface area (Å²) in [5, 5.41) is 5.23. The van der Waals surface area contributed by atoms with E-state index in [0.717, 1.165) is 22.1 Å². The lowest BCUT2D eigenvalue weighted by Gasteiger charge is -2.26. The van der Waals surface area contributed by atoms with Gasteiger partial charge in [0.25, 0.3) is 0 Å². The van der Waals surface area contributed by atoms with Crippen molar-refractivity contribution in [3.63, 3.8) is 0 Å². The third-order valence-electron chi connectivity index (χ3n) is 4.17. The maximum absolute atomic E-state index is 12.6. The van der Waals surface area contributed by atoms with Crippen molar-refractivity contribution in [2.24, 2.45) is 0 Å². The topological polar surface area (TPSA) is 32.3 Å². The van der Waals surface area contributed by atoms with Crippen molar-refractivity contribution in [2.75, 3.05) is 17.3 Å². The number of fused-ring (bicyclic) bond motifs is 1. The first kappa shape index (κ1) is 15.1. The summed E-state index contributed by atoms with van der Waals surface area (Å²) < 4.78 is 0. The second-order valence-electron chi connectivity index (χ2n) is 5.64. The molecule has 3 heteroatoms. The van der Waals surface area contributed by atoms with E-state index in [1.165, 1.54) is 0 Å². The zero-order valence-electron chi connectivity index (χ0n) is 13.4. The summed E-state index contributed by atoms with van der Waals surface area (Å²) in [6.45, 7) is 1.91. The molecule has 1 atom stereocenters. The van der Waals surface area contributed by atoms with Crippen LogP contribution in [0.1, 0.15) is 6.92 Å². The van der Waals surface area contributed by atoms with Gasteiger partial charge in [0.15, 0.2) is 0 Å². The highest BCUT2D eigenvalue weighted by Crippen LogP contribution is 2.23. The lowest BCUT2D eigenvalue weighted by Crippen LogP contribution is -2.39. The molecule has 116 valence electrons. The molecule has 0 aliphatic carbocycles. The van der Waals surface area contributed by atoms with E-state index < -0.39 is 0 Å². The van der Waals surface area contributed by atoms with Gasteiger partial charge in [0, 0.05) is 23.8 Å².